The number of benzene rings is 2. The number of hydrogen-bond acceptors (Lipinski definition) is 9. The summed E-state index contributed by atoms with van der Waals surface area (Å²) in [6, 6.07) is 11.6. The Labute approximate surface area is 275 Å². The Morgan fingerprint density at radius 1 is 1.02 bits per heavy atom. The summed E-state index contributed by atoms with van der Waals surface area (Å²) in [5, 5.41) is 9.15. The predicted octanol–water partition coefficient (Wildman–Crippen LogP) is 6.50. The number of nitrogens with one attached hydrogen (secondary N) is 1. The molecule has 244 valence electrons. The van der Waals surface area contributed by atoms with Crippen molar-refractivity contribution in [1.82, 2.24) is 29.6 Å². The average Bonchev–Trinajstić information content (AvgIpc) is 3.85. The number of halogens is 3. The van der Waals surface area contributed by atoms with E-state index in [2.05, 4.69) is 20.2 Å². The first-order chi connectivity index (χ1) is 23.0. The molecule has 1 aliphatic carbocycles. The molecule has 13 heteroatoms. The zero-order valence-corrected chi connectivity index (χ0v) is 26.4. The smallest absolute Gasteiger partial charge is 0.183 e. The van der Waals surface area contributed by atoms with E-state index in [1.54, 1.807) is 23.1 Å². The van der Waals surface area contributed by atoms with Crippen LogP contribution in [0.4, 0.5) is 20.3 Å². The van der Waals surface area contributed by atoms with Crippen molar-refractivity contribution in [1.29, 1.82) is 0 Å². The van der Waals surface area contributed by atoms with Gasteiger partial charge < -0.3 is 19.5 Å². The van der Waals surface area contributed by atoms with Gasteiger partial charge >= 0.3 is 0 Å². The molecule has 0 amide bonds. The second kappa shape index (κ2) is 14.2. The molecule has 1 saturated carbocycles. The van der Waals surface area contributed by atoms with E-state index in [1.807, 2.05) is 24.3 Å². The summed E-state index contributed by atoms with van der Waals surface area (Å²) >= 11 is 6.41. The second-order valence-electron chi connectivity index (χ2n) is 11.7. The largest absolute Gasteiger partial charge is 0.493 e. The quantitative estimate of drug-likeness (QED) is 0.142. The highest BCUT2D eigenvalue weighted by Gasteiger charge is 2.23. The van der Waals surface area contributed by atoms with Crippen LogP contribution in [0.2, 0.25) is 5.02 Å². The molecule has 2 aromatic carbocycles. The highest BCUT2D eigenvalue weighted by Crippen LogP contribution is 2.34. The fourth-order valence-electron chi connectivity index (χ4n) is 5.45. The number of pyridine rings is 1. The third-order valence-corrected chi connectivity index (χ3v) is 8.54. The molecule has 7 rings (SSSR count). The molecule has 3 aromatic heterocycles. The van der Waals surface area contributed by atoms with Gasteiger partial charge in [0.2, 0.25) is 0 Å². The zero-order valence-electron chi connectivity index (χ0n) is 25.7. The van der Waals surface area contributed by atoms with Gasteiger partial charge in [-0.05, 0) is 37.3 Å². The van der Waals surface area contributed by atoms with Crippen LogP contribution in [0.5, 0.6) is 11.5 Å². The van der Waals surface area contributed by atoms with Gasteiger partial charge in [0.1, 0.15) is 23.1 Å². The first-order valence-corrected chi connectivity index (χ1v) is 16.1. The Bertz CT molecular complexity index is 1840. The van der Waals surface area contributed by atoms with E-state index in [0.29, 0.717) is 58.4 Å². The molecule has 4 heterocycles. The minimum atomic E-state index is -0.691. The Hall–Kier alpha value is -4.39. The highest BCUT2D eigenvalue weighted by atomic mass is 35.5. The molecule has 0 bridgehead atoms. The Morgan fingerprint density at radius 2 is 1.83 bits per heavy atom. The molecule has 0 unspecified atom stereocenters. The van der Waals surface area contributed by atoms with Crippen LogP contribution in [-0.4, -0.2) is 75.7 Å². The van der Waals surface area contributed by atoms with Crippen LogP contribution in [0.25, 0.3) is 22.4 Å². The fraction of sp³-hybridized carbons (Fsp3) is 0.353. The summed E-state index contributed by atoms with van der Waals surface area (Å²) in [5.74, 6) is 0.418. The van der Waals surface area contributed by atoms with Crippen molar-refractivity contribution in [2.24, 2.45) is 5.92 Å². The van der Waals surface area contributed by atoms with E-state index < -0.39 is 11.6 Å². The SMILES string of the molecule is Fc1cc(OCC2CC2)cc(F)c1Cn1nc(-c2ncc(OCCCN3CCOCC3)c(Nc3ccncc3Cl)n2)c2ccccc21. The first-order valence-electron chi connectivity index (χ1n) is 15.7. The van der Waals surface area contributed by atoms with Crippen molar-refractivity contribution >= 4 is 34.0 Å². The van der Waals surface area contributed by atoms with Crippen LogP contribution in [0.15, 0.2) is 61.1 Å². The molecule has 2 fully saturated rings. The van der Waals surface area contributed by atoms with Crippen molar-refractivity contribution in [3.05, 3.63) is 83.3 Å². The Morgan fingerprint density at radius 3 is 2.62 bits per heavy atom. The summed E-state index contributed by atoms with van der Waals surface area (Å²) in [6.45, 7) is 4.98. The maximum atomic E-state index is 15.2. The van der Waals surface area contributed by atoms with Gasteiger partial charge in [-0.15, -0.1) is 0 Å². The Balaban J connectivity index is 1.16. The van der Waals surface area contributed by atoms with Gasteiger partial charge in [0.15, 0.2) is 17.4 Å². The maximum absolute atomic E-state index is 15.2. The lowest BCUT2D eigenvalue weighted by molar-refractivity contribution is 0.0358. The van der Waals surface area contributed by atoms with E-state index in [1.165, 1.54) is 18.3 Å². The van der Waals surface area contributed by atoms with Crippen LogP contribution >= 0.6 is 11.6 Å². The van der Waals surface area contributed by atoms with Crippen molar-refractivity contribution in [3.63, 3.8) is 0 Å². The summed E-state index contributed by atoms with van der Waals surface area (Å²) < 4.78 is 49.2. The first kappa shape index (κ1) is 31.2. The molecule has 1 saturated heterocycles. The molecule has 1 aliphatic heterocycles. The third-order valence-electron chi connectivity index (χ3n) is 8.24. The molecule has 0 spiro atoms. The monoisotopic (exact) mass is 661 g/mol. The number of ether oxygens (including phenoxy) is 3. The van der Waals surface area contributed by atoms with Crippen LogP contribution < -0.4 is 14.8 Å². The lowest BCUT2D eigenvalue weighted by Gasteiger charge is -2.26. The standard InChI is InChI=1S/C34H34ClF2N7O3/c35-26-18-38-9-8-29(26)40-33-31(46-13-3-10-43-11-14-45-15-12-43)19-39-34(41-33)32-24-4-1-2-5-30(24)44(42-32)20-25-27(36)16-23(17-28(25)37)47-21-22-6-7-22/h1-2,4-5,8-9,16-19,22H,3,6-7,10-15,20-21H2,(H,38,39,40,41). The molecule has 5 aromatic rings. The van der Waals surface area contributed by atoms with Gasteiger partial charge in [-0.25, -0.2) is 18.7 Å². The molecule has 2 aliphatic rings. The lowest BCUT2D eigenvalue weighted by Crippen LogP contribution is -2.37. The molecular weight excluding hydrogens is 628 g/mol. The fourth-order valence-corrected chi connectivity index (χ4v) is 5.62. The summed E-state index contributed by atoms with van der Waals surface area (Å²) in [5.41, 5.74) is 1.61. The number of rotatable bonds is 13. The van der Waals surface area contributed by atoms with Crippen molar-refractivity contribution in [2.75, 3.05) is 51.4 Å². The van der Waals surface area contributed by atoms with Gasteiger partial charge in [0, 0.05) is 55.1 Å². The Kier molecular flexibility index (Phi) is 9.41. The third kappa shape index (κ3) is 7.45. The molecule has 10 nitrogen and oxygen atoms in total. The number of morpholine rings is 1. The number of aromatic nitrogens is 5. The topological polar surface area (TPSA) is 99.5 Å². The van der Waals surface area contributed by atoms with Crippen molar-refractivity contribution in [3.8, 4) is 23.0 Å². The van der Waals surface area contributed by atoms with Crippen LogP contribution in [-0.2, 0) is 11.3 Å². The van der Waals surface area contributed by atoms with Gasteiger partial charge in [0.25, 0.3) is 0 Å². The van der Waals surface area contributed by atoms with E-state index in [-0.39, 0.29) is 17.9 Å². The molecule has 0 radical (unpaired) electrons. The molecule has 0 atom stereocenters. The number of fused-ring (bicyclic) bond motifs is 1. The van der Waals surface area contributed by atoms with Crippen molar-refractivity contribution in [2.45, 2.75) is 25.8 Å². The normalized spacial score (nSPS) is 15.2. The van der Waals surface area contributed by atoms with Gasteiger partial charge in [0.05, 0.1) is 55.4 Å². The minimum absolute atomic E-state index is 0.111. The average molecular weight is 662 g/mol. The predicted molar refractivity (Wildman–Crippen MR) is 174 cm³/mol. The number of para-hydroxylation sites is 1. The number of nitrogens with zero attached hydrogens (tertiary/aromatic N) is 6. The van der Waals surface area contributed by atoms with Crippen LogP contribution in [0.1, 0.15) is 24.8 Å². The van der Waals surface area contributed by atoms with E-state index in [0.717, 1.165) is 57.5 Å². The van der Waals surface area contributed by atoms with Gasteiger partial charge in [-0.3, -0.25) is 14.6 Å². The van der Waals surface area contributed by atoms with Crippen LogP contribution in [0, 0.1) is 17.6 Å². The van der Waals surface area contributed by atoms with E-state index in [9.17, 15) is 0 Å². The summed E-state index contributed by atoms with van der Waals surface area (Å²) in [4.78, 5) is 15.8. The van der Waals surface area contributed by atoms with Gasteiger partial charge in [-0.2, -0.15) is 5.10 Å². The second-order valence-corrected chi connectivity index (χ2v) is 12.1. The van der Waals surface area contributed by atoms with Gasteiger partial charge in [-0.1, -0.05) is 29.8 Å². The molecular formula is C34H34ClF2N7O3. The van der Waals surface area contributed by atoms with Crippen LogP contribution in [0.3, 0.4) is 0 Å². The lowest BCUT2D eigenvalue weighted by atomic mass is 10.1. The van der Waals surface area contributed by atoms with Crippen molar-refractivity contribution < 1.29 is 23.0 Å². The van der Waals surface area contributed by atoms with E-state index in [4.69, 9.17) is 35.9 Å². The summed E-state index contributed by atoms with van der Waals surface area (Å²) in [7, 11) is 0. The summed E-state index contributed by atoms with van der Waals surface area (Å²) in [6.07, 6.45) is 7.74. The number of hydrogen-bond donors (Lipinski definition) is 1. The highest BCUT2D eigenvalue weighted by molar-refractivity contribution is 6.33. The van der Waals surface area contributed by atoms with E-state index >= 15 is 8.78 Å². The molecule has 47 heavy (non-hydrogen) atoms. The minimum Gasteiger partial charge on any atom is -0.493 e. The molecule has 1 N–H and O–H groups in total. The number of anilines is 2. The zero-order chi connectivity index (χ0) is 32.2. The maximum Gasteiger partial charge on any atom is 0.183 e.